The maximum Gasteiger partial charge on any atom is 0.252 e. The molecule has 4 rings (SSSR count). The average Bonchev–Trinajstić information content (AvgIpc) is 3.08. The summed E-state index contributed by atoms with van der Waals surface area (Å²) in [6.07, 6.45) is 9.70. The molecule has 0 spiro atoms. The molecule has 1 aliphatic carbocycles. The summed E-state index contributed by atoms with van der Waals surface area (Å²) in [4.78, 5) is 16.8. The molecule has 0 aromatic carbocycles. The van der Waals surface area contributed by atoms with E-state index in [2.05, 4.69) is 20.5 Å². The summed E-state index contributed by atoms with van der Waals surface area (Å²) in [6, 6.07) is 7.84. The third-order valence-corrected chi connectivity index (χ3v) is 4.68. The zero-order valence-corrected chi connectivity index (χ0v) is 14.1. The van der Waals surface area contributed by atoms with Gasteiger partial charge < -0.3 is 5.32 Å². The number of carbonyl (C=O) groups excluding carboxylic acids is 1. The number of aromatic nitrogens is 4. The first-order valence-corrected chi connectivity index (χ1v) is 8.86. The van der Waals surface area contributed by atoms with Gasteiger partial charge in [0.1, 0.15) is 5.82 Å². The molecule has 1 aliphatic rings. The van der Waals surface area contributed by atoms with E-state index in [4.69, 9.17) is 0 Å². The fourth-order valence-corrected chi connectivity index (χ4v) is 3.32. The van der Waals surface area contributed by atoms with Crippen LogP contribution in [0.25, 0.3) is 5.65 Å². The number of amides is 1. The molecule has 3 aromatic rings. The largest absolute Gasteiger partial charge is 0.352 e. The first kappa shape index (κ1) is 15.7. The van der Waals surface area contributed by atoms with Crippen molar-refractivity contribution in [1.29, 1.82) is 0 Å². The lowest BCUT2D eigenvalue weighted by Gasteiger charge is -2.15. The minimum atomic E-state index is -0.0491. The second-order valence-corrected chi connectivity index (χ2v) is 6.44. The van der Waals surface area contributed by atoms with E-state index in [0.717, 1.165) is 42.8 Å². The molecule has 0 saturated heterocycles. The fraction of sp³-hybridized carbons (Fsp3) is 0.368. The molecule has 25 heavy (non-hydrogen) atoms. The van der Waals surface area contributed by atoms with E-state index in [-0.39, 0.29) is 5.91 Å². The van der Waals surface area contributed by atoms with Crippen molar-refractivity contribution >= 4 is 11.6 Å². The van der Waals surface area contributed by atoms with Gasteiger partial charge in [-0.1, -0.05) is 6.07 Å². The van der Waals surface area contributed by atoms with E-state index in [0.29, 0.717) is 12.1 Å². The lowest BCUT2D eigenvalue weighted by atomic mass is 9.95. The number of nitrogens with one attached hydrogen (secondary N) is 1. The molecule has 6 nitrogen and oxygen atoms in total. The third-order valence-electron chi connectivity index (χ3n) is 4.68. The molecule has 0 radical (unpaired) electrons. The first-order chi connectivity index (χ1) is 12.3. The zero-order chi connectivity index (χ0) is 17.1. The number of fused-ring (bicyclic) bond motifs is 2. The summed E-state index contributed by atoms with van der Waals surface area (Å²) >= 11 is 0. The number of hydrogen-bond acceptors (Lipinski definition) is 4. The summed E-state index contributed by atoms with van der Waals surface area (Å²) < 4.78 is 1.98. The summed E-state index contributed by atoms with van der Waals surface area (Å²) in [6.45, 7) is 0.609. The lowest BCUT2D eigenvalue weighted by Crippen LogP contribution is -2.25. The smallest absolute Gasteiger partial charge is 0.252 e. The normalized spacial score (nSPS) is 13.6. The molecule has 0 unspecified atom stereocenters. The molecule has 0 atom stereocenters. The molecule has 0 bridgehead atoms. The van der Waals surface area contributed by atoms with Crippen molar-refractivity contribution in [2.24, 2.45) is 0 Å². The third kappa shape index (κ3) is 3.38. The summed E-state index contributed by atoms with van der Waals surface area (Å²) in [5.41, 5.74) is 3.89. The minimum Gasteiger partial charge on any atom is -0.352 e. The van der Waals surface area contributed by atoms with Gasteiger partial charge >= 0.3 is 0 Å². The lowest BCUT2D eigenvalue weighted by molar-refractivity contribution is 0.0952. The molecule has 6 heteroatoms. The molecule has 3 heterocycles. The van der Waals surface area contributed by atoms with Crippen molar-refractivity contribution < 1.29 is 4.79 Å². The monoisotopic (exact) mass is 335 g/mol. The molecule has 1 amide bonds. The summed E-state index contributed by atoms with van der Waals surface area (Å²) in [7, 11) is 0. The van der Waals surface area contributed by atoms with Crippen molar-refractivity contribution in [2.45, 2.75) is 38.5 Å². The van der Waals surface area contributed by atoms with Crippen LogP contribution >= 0.6 is 0 Å². The van der Waals surface area contributed by atoms with Crippen molar-refractivity contribution in [3.63, 3.8) is 0 Å². The van der Waals surface area contributed by atoms with Crippen LogP contribution in [-0.4, -0.2) is 32.0 Å². The van der Waals surface area contributed by atoms with Gasteiger partial charge in [-0.15, -0.1) is 10.2 Å². The van der Waals surface area contributed by atoms with Crippen LogP contribution in [0.1, 0.15) is 46.7 Å². The van der Waals surface area contributed by atoms with E-state index < -0.39 is 0 Å². The highest BCUT2D eigenvalue weighted by molar-refractivity contribution is 5.94. The van der Waals surface area contributed by atoms with Gasteiger partial charge in [0, 0.05) is 31.1 Å². The Morgan fingerprint density at radius 2 is 2.12 bits per heavy atom. The SMILES string of the molecule is O=C(NCCCc1nnc2ccccn12)c1cnc2c(c1)CCCC2. The second kappa shape index (κ2) is 7.01. The highest BCUT2D eigenvalue weighted by Gasteiger charge is 2.14. The molecule has 128 valence electrons. The van der Waals surface area contributed by atoms with Crippen LogP contribution in [0.5, 0.6) is 0 Å². The van der Waals surface area contributed by atoms with E-state index in [1.165, 1.54) is 18.4 Å². The van der Waals surface area contributed by atoms with Gasteiger partial charge in [-0.05, 0) is 55.9 Å². The predicted molar refractivity (Wildman–Crippen MR) is 94.5 cm³/mol. The van der Waals surface area contributed by atoms with Gasteiger partial charge in [0.05, 0.1) is 5.56 Å². The van der Waals surface area contributed by atoms with Crippen LogP contribution in [0.15, 0.2) is 36.7 Å². The molecule has 0 fully saturated rings. The summed E-state index contributed by atoms with van der Waals surface area (Å²) in [5.74, 6) is 0.868. The number of rotatable bonds is 5. The van der Waals surface area contributed by atoms with E-state index >= 15 is 0 Å². The Balaban J connectivity index is 1.32. The molecular formula is C19H21N5O. The van der Waals surface area contributed by atoms with Crippen LogP contribution in [0.4, 0.5) is 0 Å². The zero-order valence-electron chi connectivity index (χ0n) is 14.1. The average molecular weight is 335 g/mol. The van der Waals surface area contributed by atoms with Crippen LogP contribution in [0.2, 0.25) is 0 Å². The van der Waals surface area contributed by atoms with Crippen molar-refractivity contribution in [2.75, 3.05) is 6.54 Å². The quantitative estimate of drug-likeness (QED) is 0.727. The Kier molecular flexibility index (Phi) is 4.41. The molecular weight excluding hydrogens is 314 g/mol. The number of pyridine rings is 2. The Morgan fingerprint density at radius 1 is 1.20 bits per heavy atom. The van der Waals surface area contributed by atoms with E-state index in [1.807, 2.05) is 34.9 Å². The predicted octanol–water partition coefficient (Wildman–Crippen LogP) is 2.37. The van der Waals surface area contributed by atoms with Crippen molar-refractivity contribution in [3.05, 3.63) is 59.3 Å². The maximum absolute atomic E-state index is 12.3. The standard InChI is InChI=1S/C19H21N5O/c25-19(15-12-14-6-1-2-7-16(14)21-13-15)20-10-5-9-18-23-22-17-8-3-4-11-24(17)18/h3-4,8,11-13H,1-2,5-7,9-10H2,(H,20,25). The van der Waals surface area contributed by atoms with Crippen LogP contribution in [0, 0.1) is 0 Å². The van der Waals surface area contributed by atoms with Crippen molar-refractivity contribution in [3.8, 4) is 0 Å². The van der Waals surface area contributed by atoms with Gasteiger partial charge in [0.2, 0.25) is 0 Å². The number of aryl methyl sites for hydroxylation is 3. The second-order valence-electron chi connectivity index (χ2n) is 6.44. The number of hydrogen-bond donors (Lipinski definition) is 1. The van der Waals surface area contributed by atoms with Crippen LogP contribution < -0.4 is 5.32 Å². The Bertz CT molecular complexity index is 902. The molecule has 0 aliphatic heterocycles. The van der Waals surface area contributed by atoms with Crippen molar-refractivity contribution in [1.82, 2.24) is 24.9 Å². The van der Waals surface area contributed by atoms with Gasteiger partial charge in [0.25, 0.3) is 5.91 Å². The number of carbonyl (C=O) groups is 1. The summed E-state index contributed by atoms with van der Waals surface area (Å²) in [5, 5.41) is 11.3. The Morgan fingerprint density at radius 3 is 3.08 bits per heavy atom. The van der Waals surface area contributed by atoms with Gasteiger partial charge in [-0.25, -0.2) is 0 Å². The van der Waals surface area contributed by atoms with Gasteiger partial charge in [-0.3, -0.25) is 14.2 Å². The van der Waals surface area contributed by atoms with Gasteiger partial charge in [-0.2, -0.15) is 0 Å². The minimum absolute atomic E-state index is 0.0491. The topological polar surface area (TPSA) is 72.2 Å². The molecule has 0 saturated carbocycles. The van der Waals surface area contributed by atoms with Crippen LogP contribution in [0.3, 0.4) is 0 Å². The van der Waals surface area contributed by atoms with E-state index in [9.17, 15) is 4.79 Å². The Labute approximate surface area is 146 Å². The maximum atomic E-state index is 12.3. The van der Waals surface area contributed by atoms with Gasteiger partial charge in [0.15, 0.2) is 5.65 Å². The highest BCUT2D eigenvalue weighted by atomic mass is 16.1. The Hall–Kier alpha value is -2.76. The number of nitrogens with zero attached hydrogens (tertiary/aromatic N) is 4. The molecule has 3 aromatic heterocycles. The van der Waals surface area contributed by atoms with E-state index in [1.54, 1.807) is 6.20 Å². The van der Waals surface area contributed by atoms with Crippen LogP contribution in [-0.2, 0) is 19.3 Å². The fourth-order valence-electron chi connectivity index (χ4n) is 3.32. The highest BCUT2D eigenvalue weighted by Crippen LogP contribution is 2.19. The molecule has 1 N–H and O–H groups in total. The first-order valence-electron chi connectivity index (χ1n) is 8.86.